The van der Waals surface area contributed by atoms with Gasteiger partial charge in [-0.15, -0.1) is 0 Å². The van der Waals surface area contributed by atoms with E-state index in [0.717, 1.165) is 37.2 Å². The van der Waals surface area contributed by atoms with Gasteiger partial charge in [0.05, 0.1) is 31.6 Å². The van der Waals surface area contributed by atoms with Crippen molar-refractivity contribution in [2.75, 3.05) is 19.0 Å². The van der Waals surface area contributed by atoms with E-state index in [1.807, 2.05) is 0 Å². The summed E-state index contributed by atoms with van der Waals surface area (Å²) >= 11 is 0. The van der Waals surface area contributed by atoms with Crippen molar-refractivity contribution in [2.45, 2.75) is 57.8 Å². The van der Waals surface area contributed by atoms with E-state index >= 15 is 0 Å². The van der Waals surface area contributed by atoms with Gasteiger partial charge in [-0.1, -0.05) is 19.3 Å². The van der Waals surface area contributed by atoms with Gasteiger partial charge in [0.25, 0.3) is 0 Å². The van der Waals surface area contributed by atoms with Gasteiger partial charge in [0.2, 0.25) is 5.88 Å². The zero-order valence-electron chi connectivity index (χ0n) is 14.8. The highest BCUT2D eigenvalue weighted by Gasteiger charge is 2.25. The van der Waals surface area contributed by atoms with Gasteiger partial charge >= 0.3 is 0 Å². The number of ether oxygens (including phenoxy) is 1. The van der Waals surface area contributed by atoms with Gasteiger partial charge in [0.15, 0.2) is 0 Å². The Hall–Kier alpha value is -2.15. The number of aromatic nitrogens is 4. The second-order valence-electron chi connectivity index (χ2n) is 6.91. The van der Waals surface area contributed by atoms with Crippen molar-refractivity contribution < 1.29 is 4.74 Å². The van der Waals surface area contributed by atoms with Crippen LogP contribution < -0.4 is 10.1 Å². The molecular formula is C18H26N6O. The number of anilines is 1. The molecule has 0 bridgehead atoms. The number of nitrogens with zero attached hydrogens (tertiary/aromatic N) is 5. The largest absolute Gasteiger partial charge is 0.481 e. The second-order valence-corrected chi connectivity index (χ2v) is 6.91. The van der Waals surface area contributed by atoms with Crippen molar-refractivity contribution in [3.8, 4) is 5.88 Å². The normalized spacial score (nSPS) is 18.8. The monoisotopic (exact) mass is 342 g/mol. The molecule has 0 saturated heterocycles. The summed E-state index contributed by atoms with van der Waals surface area (Å²) < 4.78 is 7.29. The lowest BCUT2D eigenvalue weighted by Crippen LogP contribution is -2.42. The predicted octanol–water partition coefficient (Wildman–Crippen LogP) is 2.44. The average Bonchev–Trinajstić information content (AvgIpc) is 3.09. The maximum Gasteiger partial charge on any atom is 0.218 e. The Morgan fingerprint density at radius 3 is 2.88 bits per heavy atom. The molecule has 2 aromatic rings. The molecule has 1 saturated carbocycles. The Morgan fingerprint density at radius 1 is 1.16 bits per heavy atom. The van der Waals surface area contributed by atoms with Crippen LogP contribution in [0.5, 0.6) is 5.88 Å². The van der Waals surface area contributed by atoms with Crippen LogP contribution in [0.2, 0.25) is 0 Å². The van der Waals surface area contributed by atoms with Crippen molar-refractivity contribution in [2.24, 2.45) is 0 Å². The molecule has 4 rings (SSSR count). The lowest BCUT2D eigenvalue weighted by molar-refractivity contribution is 0.119. The second kappa shape index (κ2) is 7.39. The van der Waals surface area contributed by atoms with Gasteiger partial charge in [0, 0.05) is 25.2 Å². The lowest BCUT2D eigenvalue weighted by Gasteiger charge is -2.36. The maximum atomic E-state index is 5.13. The third kappa shape index (κ3) is 3.76. The third-order valence-electron chi connectivity index (χ3n) is 5.27. The molecule has 0 radical (unpaired) electrons. The summed E-state index contributed by atoms with van der Waals surface area (Å²) in [5.41, 5.74) is 2.38. The zero-order chi connectivity index (χ0) is 17.1. The van der Waals surface area contributed by atoms with Crippen molar-refractivity contribution in [3.63, 3.8) is 0 Å². The van der Waals surface area contributed by atoms with Gasteiger partial charge in [-0.3, -0.25) is 9.58 Å². The molecule has 134 valence electrons. The zero-order valence-corrected chi connectivity index (χ0v) is 14.8. The highest BCUT2D eigenvalue weighted by molar-refractivity contribution is 5.37. The van der Waals surface area contributed by atoms with E-state index in [1.54, 1.807) is 13.2 Å². The summed E-state index contributed by atoms with van der Waals surface area (Å²) in [6, 6.07) is 4.79. The molecule has 2 aromatic heterocycles. The summed E-state index contributed by atoms with van der Waals surface area (Å²) in [6.07, 6.45) is 8.40. The first-order valence-corrected chi connectivity index (χ1v) is 9.21. The van der Waals surface area contributed by atoms with E-state index in [1.165, 1.54) is 44.1 Å². The third-order valence-corrected chi connectivity index (χ3v) is 5.27. The summed E-state index contributed by atoms with van der Waals surface area (Å²) in [4.78, 5) is 10.9. The lowest BCUT2D eigenvalue weighted by atomic mass is 9.94. The molecular weight excluding hydrogens is 316 g/mol. The summed E-state index contributed by atoms with van der Waals surface area (Å²) in [5.74, 6) is 1.31. The maximum absolute atomic E-state index is 5.13. The SMILES string of the molecule is COc1cc(NCc2cc3n(n2)CCN(C2CCCCC2)C3)ncn1. The van der Waals surface area contributed by atoms with E-state index in [4.69, 9.17) is 9.84 Å². The molecule has 0 amide bonds. The van der Waals surface area contributed by atoms with E-state index in [0.29, 0.717) is 12.4 Å². The summed E-state index contributed by atoms with van der Waals surface area (Å²) in [6.45, 7) is 3.80. The number of hydrogen-bond donors (Lipinski definition) is 1. The van der Waals surface area contributed by atoms with Gasteiger partial charge in [-0.2, -0.15) is 5.10 Å². The Labute approximate surface area is 148 Å². The minimum Gasteiger partial charge on any atom is -0.481 e. The summed E-state index contributed by atoms with van der Waals surface area (Å²) in [5, 5.41) is 8.04. The van der Waals surface area contributed by atoms with Crippen LogP contribution in [0.4, 0.5) is 5.82 Å². The molecule has 1 N–H and O–H groups in total. The Kier molecular flexibility index (Phi) is 4.83. The van der Waals surface area contributed by atoms with E-state index in [9.17, 15) is 0 Å². The molecule has 0 spiro atoms. The first kappa shape index (κ1) is 16.3. The topological polar surface area (TPSA) is 68.1 Å². The highest BCUT2D eigenvalue weighted by Crippen LogP contribution is 2.26. The fourth-order valence-corrected chi connectivity index (χ4v) is 3.92. The molecule has 1 fully saturated rings. The first-order chi connectivity index (χ1) is 12.3. The molecule has 25 heavy (non-hydrogen) atoms. The van der Waals surface area contributed by atoms with Gasteiger partial charge in [0.1, 0.15) is 12.1 Å². The van der Waals surface area contributed by atoms with Crippen LogP contribution in [0.15, 0.2) is 18.5 Å². The van der Waals surface area contributed by atoms with Crippen LogP contribution >= 0.6 is 0 Å². The molecule has 2 aliphatic rings. The van der Waals surface area contributed by atoms with Crippen molar-refractivity contribution in [1.82, 2.24) is 24.6 Å². The predicted molar refractivity (Wildman–Crippen MR) is 95.4 cm³/mol. The number of methoxy groups -OCH3 is 1. The van der Waals surface area contributed by atoms with Crippen molar-refractivity contribution in [3.05, 3.63) is 29.8 Å². The molecule has 1 aliphatic carbocycles. The standard InChI is InChI=1S/C18H26N6O/c1-25-18-10-17(20-13-21-18)19-11-14-9-16-12-23(7-8-24(16)22-14)15-5-3-2-4-6-15/h9-10,13,15H,2-8,11-12H2,1H3,(H,19,20,21). The van der Waals surface area contributed by atoms with Crippen LogP contribution in [0.1, 0.15) is 43.5 Å². The minimum absolute atomic E-state index is 0.560. The smallest absolute Gasteiger partial charge is 0.218 e. The van der Waals surface area contributed by atoms with E-state index < -0.39 is 0 Å². The minimum atomic E-state index is 0.560. The van der Waals surface area contributed by atoms with Crippen molar-refractivity contribution in [1.29, 1.82) is 0 Å². The summed E-state index contributed by atoms with van der Waals surface area (Å²) in [7, 11) is 1.60. The molecule has 0 unspecified atom stereocenters. The number of hydrogen-bond acceptors (Lipinski definition) is 6. The van der Waals surface area contributed by atoms with Crippen LogP contribution in [0.25, 0.3) is 0 Å². The van der Waals surface area contributed by atoms with Gasteiger partial charge in [-0.05, 0) is 18.9 Å². The number of rotatable bonds is 5. The van der Waals surface area contributed by atoms with Crippen LogP contribution in [-0.4, -0.2) is 44.3 Å². The number of fused-ring (bicyclic) bond motifs is 1. The Balaban J connectivity index is 1.38. The Bertz CT molecular complexity index is 709. The fraction of sp³-hybridized carbons (Fsp3) is 0.611. The first-order valence-electron chi connectivity index (χ1n) is 9.21. The van der Waals surface area contributed by atoms with Crippen LogP contribution in [0, 0.1) is 0 Å². The quantitative estimate of drug-likeness (QED) is 0.900. The van der Waals surface area contributed by atoms with Crippen LogP contribution in [0.3, 0.4) is 0 Å². The molecule has 3 heterocycles. The average molecular weight is 342 g/mol. The van der Waals surface area contributed by atoms with Gasteiger partial charge < -0.3 is 10.1 Å². The molecule has 0 aromatic carbocycles. The molecule has 7 nitrogen and oxygen atoms in total. The highest BCUT2D eigenvalue weighted by atomic mass is 16.5. The van der Waals surface area contributed by atoms with E-state index in [2.05, 4.69) is 30.9 Å². The van der Waals surface area contributed by atoms with Crippen molar-refractivity contribution >= 4 is 5.82 Å². The molecule has 0 atom stereocenters. The number of nitrogens with one attached hydrogen (secondary N) is 1. The Morgan fingerprint density at radius 2 is 2.04 bits per heavy atom. The van der Waals surface area contributed by atoms with Gasteiger partial charge in [-0.25, -0.2) is 9.97 Å². The molecule has 1 aliphatic heterocycles. The molecule has 7 heteroatoms. The fourth-order valence-electron chi connectivity index (χ4n) is 3.92. The van der Waals surface area contributed by atoms with Crippen LogP contribution in [-0.2, 0) is 19.6 Å². The van der Waals surface area contributed by atoms with E-state index in [-0.39, 0.29) is 0 Å².